The summed E-state index contributed by atoms with van der Waals surface area (Å²) in [5.41, 5.74) is 2.37. The zero-order valence-electron chi connectivity index (χ0n) is 18.8. The van der Waals surface area contributed by atoms with Crippen LogP contribution in [0.5, 0.6) is 0 Å². The molecule has 0 spiro atoms. The molecule has 170 valence electrons. The van der Waals surface area contributed by atoms with Gasteiger partial charge in [-0.2, -0.15) is 0 Å². The minimum absolute atomic E-state index is 0.0123. The predicted octanol–water partition coefficient (Wildman–Crippen LogP) is 3.02. The first kappa shape index (κ1) is 22.5. The molecule has 3 unspecified atom stereocenters. The van der Waals surface area contributed by atoms with Gasteiger partial charge >= 0.3 is 0 Å². The molecule has 0 radical (unpaired) electrons. The van der Waals surface area contributed by atoms with E-state index in [2.05, 4.69) is 35.0 Å². The number of benzene rings is 1. The van der Waals surface area contributed by atoms with E-state index >= 15 is 0 Å². The highest BCUT2D eigenvalue weighted by Gasteiger charge is 2.49. The van der Waals surface area contributed by atoms with Gasteiger partial charge in [0, 0.05) is 13.6 Å². The highest BCUT2D eigenvalue weighted by atomic mass is 32.2. The second kappa shape index (κ2) is 9.82. The Morgan fingerprint density at radius 3 is 2.42 bits per heavy atom. The Balaban J connectivity index is 1.10. The van der Waals surface area contributed by atoms with Crippen LogP contribution >= 0.6 is 0 Å². The number of fused-ring (bicyclic) bond motifs is 2. The van der Waals surface area contributed by atoms with Gasteiger partial charge in [-0.25, -0.2) is 0 Å². The van der Waals surface area contributed by atoms with Crippen molar-refractivity contribution in [2.45, 2.75) is 56.3 Å². The summed E-state index contributed by atoms with van der Waals surface area (Å²) in [6.45, 7) is 2.63. The quantitative estimate of drug-likeness (QED) is 0.409. The lowest BCUT2D eigenvalue weighted by Gasteiger charge is -2.19. The number of likely N-dealkylation sites (tertiary alicyclic amines) is 1. The molecule has 6 nitrogen and oxygen atoms in total. The average Bonchev–Trinajstić information content (AvgIpc) is 3.40. The number of anilines is 1. The molecule has 1 saturated heterocycles. The first-order chi connectivity index (χ1) is 15.0. The van der Waals surface area contributed by atoms with E-state index in [9.17, 15) is 13.8 Å². The topological polar surface area (TPSA) is 60.9 Å². The number of carbonyl (C=O) groups is 2. The zero-order chi connectivity index (χ0) is 22.0. The molecule has 2 heterocycles. The first-order valence-corrected chi connectivity index (χ1v) is 13.0. The van der Waals surface area contributed by atoms with Crippen LogP contribution in [0.3, 0.4) is 0 Å². The van der Waals surface area contributed by atoms with Crippen LogP contribution in [0.25, 0.3) is 0 Å². The second-order valence-corrected chi connectivity index (χ2v) is 10.8. The van der Waals surface area contributed by atoms with E-state index in [1.165, 1.54) is 10.5 Å². The van der Waals surface area contributed by atoms with E-state index in [0.29, 0.717) is 12.4 Å². The van der Waals surface area contributed by atoms with Crippen molar-refractivity contribution >= 4 is 28.3 Å². The molecular formula is C24H35N3O3S. The fourth-order valence-corrected chi connectivity index (χ4v) is 6.65. The lowest BCUT2D eigenvalue weighted by Crippen LogP contribution is -2.33. The summed E-state index contributed by atoms with van der Waals surface area (Å²) >= 11 is 0. The maximum atomic E-state index is 12.4. The number of rotatable bonds is 10. The van der Waals surface area contributed by atoms with Crippen molar-refractivity contribution in [3.8, 4) is 0 Å². The highest BCUT2D eigenvalue weighted by Crippen LogP contribution is 2.39. The van der Waals surface area contributed by atoms with Crippen molar-refractivity contribution in [3.05, 3.63) is 23.8 Å². The third-order valence-electron chi connectivity index (χ3n) is 7.10. The molecule has 1 aromatic carbocycles. The molecule has 0 aromatic heterocycles. The standard InChI is InChI=1S/C24H35N3O3S/c1-25(14-5-6-15-27-23(28)19-9-7-10-20(19)24(27)29)13-4-3-8-18-11-12-21-22(16-18)31(30)17-26(21)2/h11-12,16,19-20H,3-10,13-15,17H2,1-2H3. The average molecular weight is 446 g/mol. The van der Waals surface area contributed by atoms with Crippen LogP contribution in [0.4, 0.5) is 5.69 Å². The summed E-state index contributed by atoms with van der Waals surface area (Å²) in [6, 6.07) is 6.38. The van der Waals surface area contributed by atoms with Gasteiger partial charge in [-0.05, 0) is 82.8 Å². The van der Waals surface area contributed by atoms with Crippen molar-refractivity contribution in [1.82, 2.24) is 9.80 Å². The molecule has 1 aliphatic carbocycles. The van der Waals surface area contributed by atoms with Crippen LogP contribution in [0, 0.1) is 11.8 Å². The van der Waals surface area contributed by atoms with Gasteiger partial charge in [0.05, 0.1) is 39.1 Å². The lowest BCUT2D eigenvalue weighted by molar-refractivity contribution is -0.140. The van der Waals surface area contributed by atoms with Crippen LogP contribution in [0.2, 0.25) is 0 Å². The minimum atomic E-state index is -0.893. The number of imide groups is 1. The van der Waals surface area contributed by atoms with E-state index in [1.54, 1.807) is 0 Å². The lowest BCUT2D eigenvalue weighted by atomic mass is 10.00. The predicted molar refractivity (Wildman–Crippen MR) is 123 cm³/mol. The summed E-state index contributed by atoms with van der Waals surface area (Å²) < 4.78 is 12.2. The molecule has 2 amide bonds. The number of unbranched alkanes of at least 4 members (excludes halogenated alkanes) is 2. The van der Waals surface area contributed by atoms with Crippen molar-refractivity contribution < 1.29 is 13.8 Å². The molecule has 4 rings (SSSR count). The molecule has 31 heavy (non-hydrogen) atoms. The SMILES string of the molecule is CN(CCCCc1ccc2c(c1)S(=O)CN2C)CCCCN1C(=O)C2CCCC2C1=O. The largest absolute Gasteiger partial charge is 0.361 e. The van der Waals surface area contributed by atoms with Crippen LogP contribution in [0.15, 0.2) is 23.1 Å². The molecule has 7 heteroatoms. The third kappa shape index (κ3) is 4.87. The zero-order valence-corrected chi connectivity index (χ0v) is 19.7. The Morgan fingerprint density at radius 1 is 1.03 bits per heavy atom. The van der Waals surface area contributed by atoms with Gasteiger partial charge in [0.1, 0.15) is 0 Å². The van der Waals surface area contributed by atoms with Gasteiger partial charge in [-0.3, -0.25) is 18.7 Å². The Bertz CT molecular complexity index is 836. The number of nitrogens with zero attached hydrogens (tertiary/aromatic N) is 3. The third-order valence-corrected chi connectivity index (χ3v) is 8.54. The Labute approximate surface area is 188 Å². The summed E-state index contributed by atoms with van der Waals surface area (Å²) in [7, 11) is 3.24. The van der Waals surface area contributed by atoms with Crippen LogP contribution in [-0.2, 0) is 26.8 Å². The minimum Gasteiger partial charge on any atom is -0.361 e. The summed E-state index contributed by atoms with van der Waals surface area (Å²) in [4.78, 5) is 31.7. The fourth-order valence-electron chi connectivity index (χ4n) is 5.28. The van der Waals surface area contributed by atoms with Crippen LogP contribution in [0.1, 0.15) is 50.5 Å². The van der Waals surface area contributed by atoms with Gasteiger partial charge in [0.25, 0.3) is 0 Å². The molecule has 2 fully saturated rings. The van der Waals surface area contributed by atoms with Gasteiger partial charge < -0.3 is 9.80 Å². The number of amides is 2. The maximum Gasteiger partial charge on any atom is 0.233 e. The Hall–Kier alpha value is -1.73. The van der Waals surface area contributed by atoms with Gasteiger partial charge in [0.2, 0.25) is 11.8 Å². The van der Waals surface area contributed by atoms with Gasteiger partial charge in [-0.15, -0.1) is 0 Å². The summed E-state index contributed by atoms with van der Waals surface area (Å²) in [5.74, 6) is 0.749. The first-order valence-electron chi connectivity index (χ1n) is 11.7. The number of aryl methyl sites for hydroxylation is 1. The molecule has 3 atom stereocenters. The number of hydrogen-bond donors (Lipinski definition) is 0. The smallest absolute Gasteiger partial charge is 0.233 e. The summed E-state index contributed by atoms with van der Waals surface area (Å²) in [5, 5.41) is 0. The van der Waals surface area contributed by atoms with Crippen molar-refractivity contribution in [2.75, 3.05) is 44.5 Å². The van der Waals surface area contributed by atoms with Crippen LogP contribution in [-0.4, -0.2) is 65.4 Å². The fraction of sp³-hybridized carbons (Fsp3) is 0.667. The van der Waals surface area contributed by atoms with E-state index in [0.717, 1.165) is 75.0 Å². The van der Waals surface area contributed by atoms with Crippen molar-refractivity contribution in [3.63, 3.8) is 0 Å². The van der Waals surface area contributed by atoms with Crippen molar-refractivity contribution in [2.24, 2.45) is 11.8 Å². The second-order valence-electron chi connectivity index (χ2n) is 9.41. The molecule has 0 N–H and O–H groups in total. The van der Waals surface area contributed by atoms with E-state index < -0.39 is 10.8 Å². The molecular weight excluding hydrogens is 410 g/mol. The van der Waals surface area contributed by atoms with Crippen molar-refractivity contribution in [1.29, 1.82) is 0 Å². The molecule has 0 bridgehead atoms. The van der Waals surface area contributed by atoms with E-state index in [1.807, 2.05) is 7.05 Å². The monoisotopic (exact) mass is 445 g/mol. The normalized spacial score (nSPS) is 25.1. The molecule has 1 aromatic rings. The number of carbonyl (C=O) groups excluding carboxylic acids is 2. The molecule has 2 aliphatic heterocycles. The highest BCUT2D eigenvalue weighted by molar-refractivity contribution is 7.85. The Morgan fingerprint density at radius 2 is 1.71 bits per heavy atom. The number of hydrogen-bond acceptors (Lipinski definition) is 5. The summed E-state index contributed by atoms with van der Waals surface area (Å²) in [6.07, 6.45) is 7.98. The van der Waals surface area contributed by atoms with Gasteiger partial charge in [-0.1, -0.05) is 12.5 Å². The van der Waals surface area contributed by atoms with Crippen LogP contribution < -0.4 is 4.90 Å². The van der Waals surface area contributed by atoms with Gasteiger partial charge in [0.15, 0.2) is 0 Å². The Kier molecular flexibility index (Phi) is 7.12. The molecule has 1 saturated carbocycles. The van der Waals surface area contributed by atoms with E-state index in [4.69, 9.17) is 0 Å². The maximum absolute atomic E-state index is 12.4. The molecule has 3 aliphatic rings. The van der Waals surface area contributed by atoms with E-state index in [-0.39, 0.29) is 23.7 Å².